The van der Waals surface area contributed by atoms with Gasteiger partial charge in [-0.25, -0.2) is 4.39 Å². The van der Waals surface area contributed by atoms with Crippen molar-refractivity contribution in [3.8, 4) is 0 Å². The molecule has 0 bridgehead atoms. The van der Waals surface area contributed by atoms with Gasteiger partial charge in [-0.05, 0) is 11.6 Å². The van der Waals surface area contributed by atoms with E-state index >= 15 is 0 Å². The fourth-order valence-corrected chi connectivity index (χ4v) is 1.69. The summed E-state index contributed by atoms with van der Waals surface area (Å²) in [7, 11) is 0. The predicted octanol–water partition coefficient (Wildman–Crippen LogP) is 3.53. The van der Waals surface area contributed by atoms with Crippen LogP contribution in [0.3, 0.4) is 0 Å². The molecular weight excluding hydrogens is 270 g/mol. The number of hydrogen-bond acceptors (Lipinski definition) is 1. The topological polar surface area (TPSA) is 17.1 Å². The number of halogens is 3. The third-order valence-electron chi connectivity index (χ3n) is 1.84. The molecule has 0 atom stereocenters. The lowest BCUT2D eigenvalue weighted by Crippen LogP contribution is -2.01. The first-order valence-corrected chi connectivity index (χ1v) is 5.78. The van der Waals surface area contributed by atoms with Crippen molar-refractivity contribution in [3.63, 3.8) is 0 Å². The Kier molecular flexibility index (Phi) is 4.55. The van der Waals surface area contributed by atoms with Crippen LogP contribution in [0, 0.1) is 5.82 Å². The van der Waals surface area contributed by atoms with Crippen molar-refractivity contribution in [1.82, 2.24) is 0 Å². The first-order chi connectivity index (χ1) is 6.69. The van der Waals surface area contributed by atoms with Crippen LogP contribution in [0.25, 0.3) is 0 Å². The van der Waals surface area contributed by atoms with E-state index in [4.69, 9.17) is 11.6 Å². The van der Waals surface area contributed by atoms with Crippen LogP contribution < -0.4 is 0 Å². The van der Waals surface area contributed by atoms with Gasteiger partial charge in [-0.1, -0.05) is 28.1 Å². The Morgan fingerprint density at radius 3 is 2.71 bits per heavy atom. The van der Waals surface area contributed by atoms with Gasteiger partial charge in [0.2, 0.25) is 0 Å². The van der Waals surface area contributed by atoms with Gasteiger partial charge in [0, 0.05) is 23.2 Å². The fourth-order valence-electron chi connectivity index (χ4n) is 1.06. The largest absolute Gasteiger partial charge is 0.294 e. The summed E-state index contributed by atoms with van der Waals surface area (Å²) in [4.78, 5) is 11.3. The number of rotatable bonds is 4. The maximum absolute atomic E-state index is 13.2. The third-order valence-corrected chi connectivity index (χ3v) is 2.63. The molecule has 1 aromatic carbocycles. The third kappa shape index (κ3) is 2.79. The first kappa shape index (κ1) is 11.7. The Hall–Kier alpha value is -0.410. The SMILES string of the molecule is O=C(CCCl)c1ccc(CBr)c(F)c1. The summed E-state index contributed by atoms with van der Waals surface area (Å²) in [6.07, 6.45) is 0.245. The van der Waals surface area contributed by atoms with Gasteiger partial charge in [0.1, 0.15) is 5.82 Å². The standard InChI is InChI=1S/C10H9BrClFO/c11-6-8-2-1-7(5-9(8)13)10(14)3-4-12/h1-2,5H,3-4,6H2. The van der Waals surface area contributed by atoms with E-state index in [2.05, 4.69) is 15.9 Å². The Balaban J connectivity index is 2.91. The van der Waals surface area contributed by atoms with Crippen LogP contribution in [-0.4, -0.2) is 11.7 Å². The molecule has 0 N–H and O–H groups in total. The Labute approximate surface area is 95.4 Å². The number of alkyl halides is 2. The van der Waals surface area contributed by atoms with E-state index in [9.17, 15) is 9.18 Å². The van der Waals surface area contributed by atoms with Crippen molar-refractivity contribution < 1.29 is 9.18 Å². The summed E-state index contributed by atoms with van der Waals surface area (Å²) in [6.45, 7) is 0. The summed E-state index contributed by atoms with van der Waals surface area (Å²) in [5, 5.41) is 0.447. The lowest BCUT2D eigenvalue weighted by Gasteiger charge is -2.02. The Morgan fingerprint density at radius 1 is 1.50 bits per heavy atom. The summed E-state index contributed by atoms with van der Waals surface area (Å²) < 4.78 is 13.2. The highest BCUT2D eigenvalue weighted by Crippen LogP contribution is 2.14. The zero-order valence-corrected chi connectivity index (χ0v) is 9.74. The van der Waals surface area contributed by atoms with E-state index in [0.717, 1.165) is 0 Å². The minimum Gasteiger partial charge on any atom is -0.294 e. The molecule has 1 aromatic rings. The molecule has 4 heteroatoms. The van der Waals surface area contributed by atoms with Crippen molar-refractivity contribution in [2.75, 3.05) is 5.88 Å². The Morgan fingerprint density at radius 2 is 2.21 bits per heavy atom. The number of benzene rings is 1. The van der Waals surface area contributed by atoms with Gasteiger partial charge in [0.05, 0.1) is 0 Å². The molecule has 1 rings (SSSR count). The molecule has 0 spiro atoms. The summed E-state index contributed by atoms with van der Waals surface area (Å²) in [6, 6.07) is 4.48. The average Bonchev–Trinajstić information content (AvgIpc) is 2.18. The molecule has 0 saturated heterocycles. The number of Topliss-reactive ketones (excluding diaryl/α,β-unsaturated/α-hetero) is 1. The number of ketones is 1. The quantitative estimate of drug-likeness (QED) is 0.609. The second-order valence-corrected chi connectivity index (χ2v) is 3.74. The molecule has 0 amide bonds. The van der Waals surface area contributed by atoms with E-state index in [-0.39, 0.29) is 23.9 Å². The van der Waals surface area contributed by atoms with Crippen LogP contribution in [-0.2, 0) is 5.33 Å². The van der Waals surface area contributed by atoms with Crippen LogP contribution in [0.2, 0.25) is 0 Å². The zero-order chi connectivity index (χ0) is 10.6. The second-order valence-electron chi connectivity index (χ2n) is 2.80. The highest BCUT2D eigenvalue weighted by Gasteiger charge is 2.08. The maximum Gasteiger partial charge on any atom is 0.164 e. The zero-order valence-electron chi connectivity index (χ0n) is 7.40. The Bertz CT molecular complexity index is 341. The minimum atomic E-state index is -0.359. The smallest absolute Gasteiger partial charge is 0.164 e. The molecule has 0 unspecified atom stereocenters. The van der Waals surface area contributed by atoms with Gasteiger partial charge in [0.15, 0.2) is 5.78 Å². The number of hydrogen-bond donors (Lipinski definition) is 0. The van der Waals surface area contributed by atoms with Gasteiger partial charge >= 0.3 is 0 Å². The molecule has 0 radical (unpaired) electrons. The fraction of sp³-hybridized carbons (Fsp3) is 0.300. The molecule has 14 heavy (non-hydrogen) atoms. The monoisotopic (exact) mass is 278 g/mol. The molecule has 0 aliphatic rings. The maximum atomic E-state index is 13.2. The highest BCUT2D eigenvalue weighted by atomic mass is 79.9. The van der Waals surface area contributed by atoms with Crippen LogP contribution in [0.5, 0.6) is 0 Å². The van der Waals surface area contributed by atoms with E-state index in [1.807, 2.05) is 0 Å². The molecule has 0 saturated carbocycles. The normalized spacial score (nSPS) is 10.2. The van der Waals surface area contributed by atoms with Crippen molar-refractivity contribution in [1.29, 1.82) is 0 Å². The summed E-state index contributed by atoms with van der Waals surface area (Å²) in [5.41, 5.74) is 0.931. The van der Waals surface area contributed by atoms with Crippen molar-refractivity contribution in [3.05, 3.63) is 35.1 Å². The minimum absolute atomic E-state index is 0.125. The van der Waals surface area contributed by atoms with E-state index in [1.165, 1.54) is 6.07 Å². The molecule has 1 nitrogen and oxygen atoms in total. The molecule has 0 aromatic heterocycles. The van der Waals surface area contributed by atoms with Crippen LogP contribution in [0.1, 0.15) is 22.3 Å². The lowest BCUT2D eigenvalue weighted by atomic mass is 10.1. The first-order valence-electron chi connectivity index (χ1n) is 4.12. The van der Waals surface area contributed by atoms with Gasteiger partial charge in [-0.3, -0.25) is 4.79 Å². The number of carbonyl (C=O) groups is 1. The van der Waals surface area contributed by atoms with Crippen LogP contribution in [0.15, 0.2) is 18.2 Å². The summed E-state index contributed by atoms with van der Waals surface area (Å²) in [5.74, 6) is -0.219. The highest BCUT2D eigenvalue weighted by molar-refractivity contribution is 9.08. The van der Waals surface area contributed by atoms with Gasteiger partial charge < -0.3 is 0 Å². The molecule has 0 aliphatic carbocycles. The summed E-state index contributed by atoms with van der Waals surface area (Å²) >= 11 is 8.58. The van der Waals surface area contributed by atoms with Crippen LogP contribution in [0.4, 0.5) is 4.39 Å². The van der Waals surface area contributed by atoms with Gasteiger partial charge in [0.25, 0.3) is 0 Å². The molecule has 0 fully saturated rings. The molecule has 76 valence electrons. The van der Waals surface area contributed by atoms with Crippen molar-refractivity contribution >= 4 is 33.3 Å². The van der Waals surface area contributed by atoms with Gasteiger partial charge in [-0.2, -0.15) is 0 Å². The second kappa shape index (κ2) is 5.47. The van der Waals surface area contributed by atoms with E-state index < -0.39 is 0 Å². The van der Waals surface area contributed by atoms with E-state index in [0.29, 0.717) is 16.5 Å². The molecule has 0 aliphatic heterocycles. The molecular formula is C10H9BrClFO. The van der Waals surface area contributed by atoms with E-state index in [1.54, 1.807) is 12.1 Å². The average molecular weight is 280 g/mol. The molecule has 0 heterocycles. The van der Waals surface area contributed by atoms with Crippen LogP contribution >= 0.6 is 27.5 Å². The van der Waals surface area contributed by atoms with Crippen molar-refractivity contribution in [2.45, 2.75) is 11.8 Å². The number of carbonyl (C=O) groups excluding carboxylic acids is 1. The van der Waals surface area contributed by atoms with Gasteiger partial charge in [-0.15, -0.1) is 11.6 Å². The lowest BCUT2D eigenvalue weighted by molar-refractivity contribution is 0.0989. The van der Waals surface area contributed by atoms with Crippen molar-refractivity contribution in [2.24, 2.45) is 0 Å². The predicted molar refractivity (Wildman–Crippen MR) is 58.7 cm³/mol.